The molecule has 1 saturated heterocycles. The van der Waals surface area contributed by atoms with E-state index in [0.717, 1.165) is 34.9 Å². The summed E-state index contributed by atoms with van der Waals surface area (Å²) in [5, 5.41) is 5.71. The van der Waals surface area contributed by atoms with Crippen LogP contribution in [-0.4, -0.2) is 46.4 Å². The smallest absolute Gasteiger partial charge is 0.255 e. The van der Waals surface area contributed by atoms with Crippen LogP contribution in [0.5, 0.6) is 0 Å². The van der Waals surface area contributed by atoms with Crippen LogP contribution in [0, 0.1) is 11.6 Å². The number of hydrogen-bond donors (Lipinski definition) is 2. The van der Waals surface area contributed by atoms with Crippen LogP contribution in [0.3, 0.4) is 0 Å². The van der Waals surface area contributed by atoms with E-state index >= 15 is 0 Å². The van der Waals surface area contributed by atoms with Crippen molar-refractivity contribution in [3.05, 3.63) is 88.6 Å². The summed E-state index contributed by atoms with van der Waals surface area (Å²) in [4.78, 5) is 44.9. The van der Waals surface area contributed by atoms with E-state index in [-0.39, 0.29) is 24.6 Å². The zero-order chi connectivity index (χ0) is 27.5. The summed E-state index contributed by atoms with van der Waals surface area (Å²) in [6, 6.07) is 11.4. The molecule has 2 atom stereocenters. The number of morpholine rings is 1. The lowest BCUT2D eigenvalue weighted by molar-refractivity contribution is -0.175. The first-order chi connectivity index (χ1) is 18.6. The van der Waals surface area contributed by atoms with Crippen molar-refractivity contribution < 1.29 is 27.9 Å². The number of pyridine rings is 1. The summed E-state index contributed by atoms with van der Waals surface area (Å²) < 4.78 is 33.6. The van der Waals surface area contributed by atoms with E-state index in [1.54, 1.807) is 26.1 Å². The molecule has 1 aliphatic carbocycles. The topological polar surface area (TPSA) is 101 Å². The second kappa shape index (κ2) is 8.94. The highest BCUT2D eigenvalue weighted by Crippen LogP contribution is 2.47. The molecule has 8 nitrogen and oxygen atoms in total. The lowest BCUT2D eigenvalue weighted by atomic mass is 9.79. The van der Waals surface area contributed by atoms with Crippen molar-refractivity contribution >= 4 is 29.2 Å². The maximum Gasteiger partial charge on any atom is 0.255 e. The molecule has 3 heterocycles. The molecular formula is C29H26F2N4O4. The van der Waals surface area contributed by atoms with Gasteiger partial charge in [0.05, 0.1) is 18.1 Å². The van der Waals surface area contributed by atoms with E-state index in [2.05, 4.69) is 15.6 Å². The third kappa shape index (κ3) is 4.24. The minimum Gasteiger partial charge on any atom is -0.363 e. The van der Waals surface area contributed by atoms with E-state index in [1.807, 2.05) is 24.3 Å². The standard InChI is InChI=1S/C29H26F2N4O4/c1-28(2)27(38)35(23(15-39-28)17-8-19(30)11-20(31)9-17)14-24(36)33-21-6-5-16-12-29(13-18(16)10-21)22-4-3-7-32-25(22)34-26(29)37/h3-11,23H,12-15H2,1-2H3,(H,33,36)(H,32,34,37)/t23-,29+/m0/s1. The molecule has 3 aliphatic rings. The highest BCUT2D eigenvalue weighted by atomic mass is 19.1. The summed E-state index contributed by atoms with van der Waals surface area (Å²) in [5.74, 6) is -2.01. The summed E-state index contributed by atoms with van der Waals surface area (Å²) in [6.07, 6.45) is 2.65. The number of anilines is 2. The largest absolute Gasteiger partial charge is 0.363 e. The Hall–Kier alpha value is -4.18. The van der Waals surface area contributed by atoms with Crippen molar-refractivity contribution in [2.24, 2.45) is 0 Å². The molecular weight excluding hydrogens is 506 g/mol. The molecule has 0 unspecified atom stereocenters. The number of carbonyl (C=O) groups is 3. The number of nitrogens with zero attached hydrogens (tertiary/aromatic N) is 2. The molecule has 0 saturated carbocycles. The molecule has 3 aromatic rings. The Morgan fingerprint density at radius 2 is 1.85 bits per heavy atom. The zero-order valence-electron chi connectivity index (χ0n) is 21.4. The number of carbonyl (C=O) groups excluding carboxylic acids is 3. The van der Waals surface area contributed by atoms with Gasteiger partial charge in [-0.15, -0.1) is 0 Å². The first-order valence-electron chi connectivity index (χ1n) is 12.7. The summed E-state index contributed by atoms with van der Waals surface area (Å²) >= 11 is 0. The predicted octanol–water partition coefficient (Wildman–Crippen LogP) is 3.67. The van der Waals surface area contributed by atoms with Gasteiger partial charge in [0.1, 0.15) is 29.6 Å². The lowest BCUT2D eigenvalue weighted by Crippen LogP contribution is -2.56. The molecule has 1 spiro atoms. The number of benzene rings is 2. The molecule has 2 N–H and O–H groups in total. The Balaban J connectivity index is 1.22. The van der Waals surface area contributed by atoms with Crippen molar-refractivity contribution in [2.75, 3.05) is 23.8 Å². The minimum atomic E-state index is -1.20. The van der Waals surface area contributed by atoms with Crippen molar-refractivity contribution in [1.29, 1.82) is 0 Å². The van der Waals surface area contributed by atoms with Gasteiger partial charge in [-0.2, -0.15) is 0 Å². The minimum absolute atomic E-state index is 0.0196. The van der Waals surface area contributed by atoms with Crippen LogP contribution in [0.2, 0.25) is 0 Å². The summed E-state index contributed by atoms with van der Waals surface area (Å²) in [5.41, 5.74) is 1.62. The van der Waals surface area contributed by atoms with Gasteiger partial charge in [0, 0.05) is 23.5 Å². The van der Waals surface area contributed by atoms with Crippen LogP contribution in [-0.2, 0) is 37.4 Å². The van der Waals surface area contributed by atoms with Crippen molar-refractivity contribution in [3.8, 4) is 0 Å². The van der Waals surface area contributed by atoms with E-state index in [4.69, 9.17) is 4.74 Å². The fraction of sp³-hybridized carbons (Fsp3) is 0.310. The van der Waals surface area contributed by atoms with E-state index in [9.17, 15) is 23.2 Å². The van der Waals surface area contributed by atoms with Crippen LogP contribution in [0.1, 0.15) is 42.1 Å². The van der Waals surface area contributed by atoms with Gasteiger partial charge in [-0.25, -0.2) is 13.8 Å². The van der Waals surface area contributed by atoms with Crippen LogP contribution in [0.15, 0.2) is 54.7 Å². The number of hydrogen-bond acceptors (Lipinski definition) is 5. The van der Waals surface area contributed by atoms with E-state index < -0.39 is 40.5 Å². The molecule has 2 aliphatic heterocycles. The van der Waals surface area contributed by atoms with Crippen molar-refractivity contribution in [1.82, 2.24) is 9.88 Å². The van der Waals surface area contributed by atoms with Crippen molar-refractivity contribution in [2.45, 2.75) is 43.7 Å². The molecule has 39 heavy (non-hydrogen) atoms. The van der Waals surface area contributed by atoms with E-state index in [1.165, 1.54) is 4.90 Å². The highest BCUT2D eigenvalue weighted by molar-refractivity contribution is 6.06. The Morgan fingerprint density at radius 3 is 2.62 bits per heavy atom. The fourth-order valence-corrected chi connectivity index (χ4v) is 5.85. The number of nitrogens with one attached hydrogen (secondary N) is 2. The monoisotopic (exact) mass is 532 g/mol. The lowest BCUT2D eigenvalue weighted by Gasteiger charge is -2.42. The molecule has 200 valence electrons. The molecule has 0 radical (unpaired) electrons. The van der Waals surface area contributed by atoms with Crippen LogP contribution in [0.4, 0.5) is 20.3 Å². The highest BCUT2D eigenvalue weighted by Gasteiger charge is 2.51. The van der Waals surface area contributed by atoms with E-state index in [0.29, 0.717) is 24.3 Å². The summed E-state index contributed by atoms with van der Waals surface area (Å²) in [7, 11) is 0. The Labute approximate surface area is 223 Å². The third-order valence-corrected chi connectivity index (χ3v) is 7.80. The third-order valence-electron chi connectivity index (χ3n) is 7.80. The number of aromatic nitrogens is 1. The van der Waals surface area contributed by atoms with Gasteiger partial charge < -0.3 is 20.3 Å². The molecule has 1 aromatic heterocycles. The molecule has 3 amide bonds. The Kier molecular flexibility index (Phi) is 5.76. The number of halogens is 2. The van der Waals surface area contributed by atoms with Gasteiger partial charge in [-0.3, -0.25) is 14.4 Å². The fourth-order valence-electron chi connectivity index (χ4n) is 5.85. The van der Waals surface area contributed by atoms with Gasteiger partial charge in [-0.1, -0.05) is 12.1 Å². The van der Waals surface area contributed by atoms with Crippen LogP contribution >= 0.6 is 0 Å². The predicted molar refractivity (Wildman–Crippen MR) is 138 cm³/mol. The van der Waals surface area contributed by atoms with Crippen LogP contribution < -0.4 is 10.6 Å². The molecule has 10 heteroatoms. The Morgan fingerprint density at radius 1 is 1.10 bits per heavy atom. The normalized spacial score (nSPS) is 23.0. The maximum atomic E-state index is 13.9. The van der Waals surface area contributed by atoms with Crippen molar-refractivity contribution in [3.63, 3.8) is 0 Å². The first-order valence-corrected chi connectivity index (χ1v) is 12.7. The molecule has 6 rings (SSSR count). The average Bonchev–Trinajstić information content (AvgIpc) is 3.38. The Bertz CT molecular complexity index is 1520. The maximum absolute atomic E-state index is 13.9. The van der Waals surface area contributed by atoms with Gasteiger partial charge in [0.2, 0.25) is 11.8 Å². The van der Waals surface area contributed by atoms with Gasteiger partial charge in [-0.05, 0) is 73.7 Å². The quantitative estimate of drug-likeness (QED) is 0.534. The second-order valence-corrected chi connectivity index (χ2v) is 10.8. The van der Waals surface area contributed by atoms with Gasteiger partial charge in [0.25, 0.3) is 5.91 Å². The zero-order valence-corrected chi connectivity index (χ0v) is 21.4. The van der Waals surface area contributed by atoms with Gasteiger partial charge in [0.15, 0.2) is 0 Å². The second-order valence-electron chi connectivity index (χ2n) is 10.8. The number of ether oxygens (including phenoxy) is 1. The summed E-state index contributed by atoms with van der Waals surface area (Å²) in [6.45, 7) is 2.82. The van der Waals surface area contributed by atoms with Crippen LogP contribution in [0.25, 0.3) is 0 Å². The molecule has 0 bridgehead atoms. The number of amides is 3. The average molecular weight is 533 g/mol. The number of fused-ring (bicyclic) bond motifs is 3. The first kappa shape index (κ1) is 25.1. The van der Waals surface area contributed by atoms with Gasteiger partial charge >= 0.3 is 0 Å². The molecule has 1 fully saturated rings. The SMILES string of the molecule is CC1(C)OC[C@@H](c2cc(F)cc(F)c2)N(CC(=O)Nc2ccc3c(c2)C[C@@]2(C3)C(=O)Nc3ncccc32)C1=O. The molecule has 2 aromatic carbocycles. The number of rotatable bonds is 4.